The zero-order valence-electron chi connectivity index (χ0n) is 18.6. The van der Waals surface area contributed by atoms with Gasteiger partial charge in [0.15, 0.2) is 11.6 Å². The number of aromatic nitrogens is 3. The van der Waals surface area contributed by atoms with E-state index in [4.69, 9.17) is 0 Å². The molecular formula is C22H23F2N7O2S. The molecule has 34 heavy (non-hydrogen) atoms. The quantitative estimate of drug-likeness (QED) is 0.489. The van der Waals surface area contributed by atoms with Crippen molar-refractivity contribution in [1.29, 1.82) is 0 Å². The minimum absolute atomic E-state index is 0.0813. The van der Waals surface area contributed by atoms with E-state index in [-0.39, 0.29) is 34.7 Å². The first-order valence-electron chi connectivity index (χ1n) is 10.6. The van der Waals surface area contributed by atoms with Gasteiger partial charge < -0.3 is 20.9 Å². The lowest BCUT2D eigenvalue weighted by Crippen LogP contribution is -2.43. The van der Waals surface area contributed by atoms with Crippen molar-refractivity contribution < 1.29 is 18.4 Å². The van der Waals surface area contributed by atoms with Gasteiger partial charge >= 0.3 is 0 Å². The predicted octanol–water partition coefficient (Wildman–Crippen LogP) is 3.34. The van der Waals surface area contributed by atoms with Crippen LogP contribution in [0.1, 0.15) is 39.4 Å². The number of anilines is 3. The van der Waals surface area contributed by atoms with Crippen LogP contribution < -0.4 is 16.0 Å². The van der Waals surface area contributed by atoms with Gasteiger partial charge in [-0.1, -0.05) is 0 Å². The van der Waals surface area contributed by atoms with Gasteiger partial charge in [0.05, 0.1) is 23.7 Å². The molecular weight excluding hydrogens is 464 g/mol. The van der Waals surface area contributed by atoms with Crippen molar-refractivity contribution in [2.75, 3.05) is 30.8 Å². The first-order chi connectivity index (χ1) is 16.3. The van der Waals surface area contributed by atoms with E-state index in [1.165, 1.54) is 18.5 Å². The summed E-state index contributed by atoms with van der Waals surface area (Å²) >= 11 is 1.03. The highest BCUT2D eigenvalue weighted by molar-refractivity contribution is 7.10. The smallest absolute Gasteiger partial charge is 0.271 e. The number of nitrogens with one attached hydrogen (secondary N) is 3. The van der Waals surface area contributed by atoms with E-state index >= 15 is 0 Å². The Morgan fingerprint density at radius 2 is 1.88 bits per heavy atom. The van der Waals surface area contributed by atoms with E-state index in [1.807, 2.05) is 7.05 Å². The van der Waals surface area contributed by atoms with Gasteiger partial charge in [0.25, 0.3) is 11.8 Å². The van der Waals surface area contributed by atoms with Crippen LogP contribution in [0.5, 0.6) is 0 Å². The van der Waals surface area contributed by atoms with Crippen LogP contribution in [-0.2, 0) is 0 Å². The van der Waals surface area contributed by atoms with Crippen LogP contribution in [0.4, 0.5) is 25.3 Å². The van der Waals surface area contributed by atoms with Gasteiger partial charge in [-0.2, -0.15) is 4.37 Å². The predicted molar refractivity (Wildman–Crippen MR) is 124 cm³/mol. The molecule has 1 aliphatic heterocycles. The molecule has 0 aliphatic carbocycles. The minimum atomic E-state index is -1.07. The number of hydrogen-bond donors (Lipinski definition) is 3. The molecule has 1 aliphatic rings. The topological polar surface area (TPSA) is 112 Å². The standard InChI is InChI=1S/C22H23F2N7O2S/c1-12-19(21(33)27-14-3-4-15(23)16(24)9-14)22(34-30-12)29-18-11-25-10-17(28-18)20(32)26-13-5-7-31(2)8-6-13/h3-4,9-11,13H,5-8H2,1-2H3,(H,26,32)(H,27,33)(H,28,29). The third-order valence-electron chi connectivity index (χ3n) is 5.43. The Morgan fingerprint density at radius 1 is 1.12 bits per heavy atom. The van der Waals surface area contributed by atoms with Crippen LogP contribution in [0.25, 0.3) is 0 Å². The molecule has 4 rings (SSSR count). The van der Waals surface area contributed by atoms with Crippen molar-refractivity contribution in [3.63, 3.8) is 0 Å². The molecule has 9 nitrogen and oxygen atoms in total. The van der Waals surface area contributed by atoms with Crippen LogP contribution in [0, 0.1) is 18.6 Å². The van der Waals surface area contributed by atoms with Crippen molar-refractivity contribution in [2.24, 2.45) is 0 Å². The molecule has 3 N–H and O–H groups in total. The molecule has 3 heterocycles. The van der Waals surface area contributed by atoms with E-state index < -0.39 is 17.5 Å². The summed E-state index contributed by atoms with van der Waals surface area (Å²) in [5, 5.41) is 8.89. The first kappa shape index (κ1) is 23.6. The summed E-state index contributed by atoms with van der Waals surface area (Å²) in [6.45, 7) is 3.48. The Morgan fingerprint density at radius 3 is 2.62 bits per heavy atom. The monoisotopic (exact) mass is 487 g/mol. The molecule has 0 atom stereocenters. The summed E-state index contributed by atoms with van der Waals surface area (Å²) < 4.78 is 30.9. The second-order valence-electron chi connectivity index (χ2n) is 8.02. The Labute approximate surface area is 198 Å². The van der Waals surface area contributed by atoms with E-state index in [2.05, 4.69) is 35.2 Å². The highest BCUT2D eigenvalue weighted by Crippen LogP contribution is 2.28. The summed E-state index contributed by atoms with van der Waals surface area (Å²) in [6.07, 6.45) is 4.54. The Hall–Kier alpha value is -3.51. The number of nitrogens with zero attached hydrogens (tertiary/aromatic N) is 4. The molecule has 1 saturated heterocycles. The zero-order chi connectivity index (χ0) is 24.2. The van der Waals surface area contributed by atoms with Crippen molar-refractivity contribution in [3.8, 4) is 0 Å². The SMILES string of the molecule is Cc1nsc(Nc2cncc(C(=O)NC3CCN(C)CC3)n2)c1C(=O)Nc1ccc(F)c(F)c1. The highest BCUT2D eigenvalue weighted by atomic mass is 32.1. The normalized spacial score (nSPS) is 14.6. The van der Waals surface area contributed by atoms with Crippen LogP contribution in [0.2, 0.25) is 0 Å². The number of hydrogen-bond acceptors (Lipinski definition) is 8. The summed E-state index contributed by atoms with van der Waals surface area (Å²) in [6, 6.07) is 3.17. The zero-order valence-corrected chi connectivity index (χ0v) is 19.4. The van der Waals surface area contributed by atoms with Crippen LogP contribution in [0.3, 0.4) is 0 Å². The fourth-order valence-electron chi connectivity index (χ4n) is 3.55. The summed E-state index contributed by atoms with van der Waals surface area (Å²) in [5.74, 6) is -2.68. The van der Waals surface area contributed by atoms with Crippen LogP contribution in [0.15, 0.2) is 30.6 Å². The number of benzene rings is 1. The van der Waals surface area contributed by atoms with E-state index in [1.54, 1.807) is 6.92 Å². The average molecular weight is 488 g/mol. The minimum Gasteiger partial charge on any atom is -0.348 e. The largest absolute Gasteiger partial charge is 0.348 e. The Bertz CT molecular complexity index is 1210. The number of carbonyl (C=O) groups is 2. The molecule has 2 aromatic heterocycles. The maximum atomic E-state index is 13.5. The fraction of sp³-hybridized carbons (Fsp3) is 0.318. The second-order valence-corrected chi connectivity index (χ2v) is 8.79. The number of halogens is 2. The molecule has 178 valence electrons. The van der Waals surface area contributed by atoms with Gasteiger partial charge in [0, 0.05) is 17.8 Å². The Balaban J connectivity index is 1.46. The van der Waals surface area contributed by atoms with Gasteiger partial charge in [0.1, 0.15) is 16.5 Å². The summed E-state index contributed by atoms with van der Waals surface area (Å²) in [7, 11) is 2.05. The maximum Gasteiger partial charge on any atom is 0.271 e. The number of piperidine rings is 1. The Kier molecular flexibility index (Phi) is 7.08. The third kappa shape index (κ3) is 5.51. The van der Waals surface area contributed by atoms with E-state index in [0.717, 1.165) is 49.6 Å². The van der Waals surface area contributed by atoms with Gasteiger partial charge in [-0.05, 0) is 63.6 Å². The summed E-state index contributed by atoms with van der Waals surface area (Å²) in [5.41, 5.74) is 0.917. The lowest BCUT2D eigenvalue weighted by atomic mass is 10.1. The van der Waals surface area contributed by atoms with Gasteiger partial charge in [-0.3, -0.25) is 14.6 Å². The lowest BCUT2D eigenvalue weighted by Gasteiger charge is -2.29. The van der Waals surface area contributed by atoms with Crippen LogP contribution in [-0.4, -0.2) is 57.2 Å². The van der Waals surface area contributed by atoms with E-state index in [9.17, 15) is 18.4 Å². The lowest BCUT2D eigenvalue weighted by molar-refractivity contribution is 0.0911. The number of rotatable bonds is 6. The molecule has 0 saturated carbocycles. The van der Waals surface area contributed by atoms with Gasteiger partial charge in [0.2, 0.25) is 0 Å². The average Bonchev–Trinajstić information content (AvgIpc) is 3.18. The molecule has 0 radical (unpaired) electrons. The third-order valence-corrected chi connectivity index (χ3v) is 6.28. The molecule has 0 spiro atoms. The molecule has 1 aromatic carbocycles. The number of likely N-dealkylation sites (tertiary alicyclic amines) is 1. The van der Waals surface area contributed by atoms with Crippen molar-refractivity contribution >= 4 is 39.9 Å². The summed E-state index contributed by atoms with van der Waals surface area (Å²) in [4.78, 5) is 36.1. The molecule has 0 unspecified atom stereocenters. The molecule has 12 heteroatoms. The first-order valence-corrected chi connectivity index (χ1v) is 11.4. The molecule has 0 bridgehead atoms. The number of amides is 2. The van der Waals surface area contributed by atoms with Crippen molar-refractivity contribution in [2.45, 2.75) is 25.8 Å². The molecule has 3 aromatic rings. The second kappa shape index (κ2) is 10.2. The fourth-order valence-corrected chi connectivity index (χ4v) is 4.36. The van der Waals surface area contributed by atoms with Crippen LogP contribution >= 0.6 is 11.5 Å². The number of aryl methyl sites for hydroxylation is 1. The van der Waals surface area contributed by atoms with Gasteiger partial charge in [-0.15, -0.1) is 0 Å². The van der Waals surface area contributed by atoms with Gasteiger partial charge in [-0.25, -0.2) is 13.8 Å². The number of carbonyl (C=O) groups excluding carboxylic acids is 2. The maximum absolute atomic E-state index is 13.5. The molecule has 2 amide bonds. The highest BCUT2D eigenvalue weighted by Gasteiger charge is 2.22. The molecule has 1 fully saturated rings. The van der Waals surface area contributed by atoms with Crippen molar-refractivity contribution in [3.05, 3.63) is 59.2 Å². The van der Waals surface area contributed by atoms with Crippen molar-refractivity contribution in [1.82, 2.24) is 24.6 Å². The van der Waals surface area contributed by atoms with E-state index in [0.29, 0.717) is 10.7 Å².